The Morgan fingerprint density at radius 3 is 2.81 bits per heavy atom. The van der Waals surface area contributed by atoms with Crippen molar-refractivity contribution in [2.45, 2.75) is 20.3 Å². The number of phenols is 1. The highest BCUT2D eigenvalue weighted by Crippen LogP contribution is 2.27. The lowest BCUT2D eigenvalue weighted by Gasteiger charge is -2.11. The first-order valence-electron chi connectivity index (χ1n) is 7.03. The second-order valence-corrected chi connectivity index (χ2v) is 5.46. The normalized spacial score (nSPS) is 12.7. The Balaban J connectivity index is 1.85. The number of anilines is 2. The van der Waals surface area contributed by atoms with E-state index in [1.807, 2.05) is 32.0 Å². The predicted molar refractivity (Wildman–Crippen MR) is 84.2 cm³/mol. The molecule has 0 fully saturated rings. The lowest BCUT2D eigenvalue weighted by atomic mass is 10.1. The zero-order valence-electron chi connectivity index (χ0n) is 12.2. The third-order valence-corrected chi connectivity index (χ3v) is 3.87. The van der Waals surface area contributed by atoms with Crippen LogP contribution in [0.5, 0.6) is 5.75 Å². The molecule has 1 heterocycles. The van der Waals surface area contributed by atoms with Gasteiger partial charge in [-0.05, 0) is 61.2 Å². The van der Waals surface area contributed by atoms with Crippen LogP contribution in [0.3, 0.4) is 0 Å². The number of fused-ring (bicyclic) bond motifs is 1. The van der Waals surface area contributed by atoms with Gasteiger partial charge in [0.2, 0.25) is 0 Å². The van der Waals surface area contributed by atoms with Gasteiger partial charge in [-0.1, -0.05) is 6.07 Å². The van der Waals surface area contributed by atoms with Crippen molar-refractivity contribution in [1.29, 1.82) is 0 Å². The van der Waals surface area contributed by atoms with Gasteiger partial charge in [0, 0.05) is 23.5 Å². The lowest BCUT2D eigenvalue weighted by molar-refractivity contribution is 0.102. The molecule has 0 radical (unpaired) electrons. The van der Waals surface area contributed by atoms with Gasteiger partial charge >= 0.3 is 0 Å². The number of aryl methyl sites for hydroxylation is 2. The molecule has 0 spiro atoms. The van der Waals surface area contributed by atoms with Crippen LogP contribution in [0.25, 0.3) is 0 Å². The number of phenolic OH excluding ortho intramolecular Hbond substituents is 1. The van der Waals surface area contributed by atoms with Crippen LogP contribution >= 0.6 is 0 Å². The summed E-state index contributed by atoms with van der Waals surface area (Å²) in [5.41, 5.74) is 5.23. The van der Waals surface area contributed by atoms with Crippen molar-refractivity contribution in [1.82, 2.24) is 0 Å². The minimum atomic E-state index is -0.139. The van der Waals surface area contributed by atoms with E-state index in [0.29, 0.717) is 5.56 Å². The molecule has 2 aromatic rings. The molecular formula is C17H18N2O2. The summed E-state index contributed by atoms with van der Waals surface area (Å²) >= 11 is 0. The predicted octanol–water partition coefficient (Wildman–Crippen LogP) is 3.23. The summed E-state index contributed by atoms with van der Waals surface area (Å²) < 4.78 is 0. The van der Waals surface area contributed by atoms with E-state index in [2.05, 4.69) is 10.6 Å². The molecule has 0 saturated heterocycles. The van der Waals surface area contributed by atoms with E-state index in [-0.39, 0.29) is 11.7 Å². The van der Waals surface area contributed by atoms with Gasteiger partial charge in [0.05, 0.1) is 0 Å². The Bertz CT molecular complexity index is 723. The van der Waals surface area contributed by atoms with Crippen LogP contribution in [0, 0.1) is 13.8 Å². The van der Waals surface area contributed by atoms with Crippen LogP contribution in [0.15, 0.2) is 30.3 Å². The molecule has 4 heteroatoms. The Hall–Kier alpha value is -2.49. The van der Waals surface area contributed by atoms with Crippen LogP contribution < -0.4 is 10.6 Å². The minimum absolute atomic E-state index is 0.139. The van der Waals surface area contributed by atoms with Crippen LogP contribution in [-0.2, 0) is 6.42 Å². The summed E-state index contributed by atoms with van der Waals surface area (Å²) in [5, 5.41) is 15.8. The van der Waals surface area contributed by atoms with Gasteiger partial charge in [-0.25, -0.2) is 0 Å². The van der Waals surface area contributed by atoms with Crippen molar-refractivity contribution in [3.8, 4) is 5.75 Å². The fourth-order valence-electron chi connectivity index (χ4n) is 2.56. The second-order valence-electron chi connectivity index (χ2n) is 5.46. The van der Waals surface area contributed by atoms with Gasteiger partial charge in [-0.15, -0.1) is 0 Å². The number of amides is 1. The van der Waals surface area contributed by atoms with E-state index in [9.17, 15) is 9.90 Å². The number of carbonyl (C=O) groups excluding carboxylic acids is 1. The quantitative estimate of drug-likeness (QED) is 0.741. The van der Waals surface area contributed by atoms with Gasteiger partial charge < -0.3 is 15.7 Å². The molecule has 0 unspecified atom stereocenters. The summed E-state index contributed by atoms with van der Waals surface area (Å²) in [5.74, 6) is 0.104. The molecule has 0 saturated carbocycles. The number of hydrogen-bond acceptors (Lipinski definition) is 3. The van der Waals surface area contributed by atoms with Crippen molar-refractivity contribution in [2.24, 2.45) is 0 Å². The van der Waals surface area contributed by atoms with E-state index in [0.717, 1.165) is 35.5 Å². The average Bonchev–Trinajstić information content (AvgIpc) is 2.92. The van der Waals surface area contributed by atoms with Crippen molar-refractivity contribution < 1.29 is 9.90 Å². The lowest BCUT2D eigenvalue weighted by Crippen LogP contribution is -2.13. The highest BCUT2D eigenvalue weighted by atomic mass is 16.3. The van der Waals surface area contributed by atoms with Crippen LogP contribution in [-0.4, -0.2) is 17.6 Å². The summed E-state index contributed by atoms with van der Waals surface area (Å²) in [4.78, 5) is 12.4. The van der Waals surface area contributed by atoms with Crippen LogP contribution in [0.2, 0.25) is 0 Å². The maximum atomic E-state index is 12.4. The maximum Gasteiger partial charge on any atom is 0.255 e. The van der Waals surface area contributed by atoms with Gasteiger partial charge in [-0.2, -0.15) is 0 Å². The molecule has 0 aliphatic carbocycles. The van der Waals surface area contributed by atoms with E-state index >= 15 is 0 Å². The first kappa shape index (κ1) is 13.5. The summed E-state index contributed by atoms with van der Waals surface area (Å²) in [6, 6.07) is 9.19. The summed E-state index contributed by atoms with van der Waals surface area (Å²) in [7, 11) is 0. The van der Waals surface area contributed by atoms with Crippen molar-refractivity contribution >= 4 is 17.3 Å². The third kappa shape index (κ3) is 2.57. The Morgan fingerprint density at radius 2 is 2.00 bits per heavy atom. The number of benzene rings is 2. The molecule has 1 amide bonds. The van der Waals surface area contributed by atoms with E-state index in [1.54, 1.807) is 12.1 Å². The Morgan fingerprint density at radius 1 is 1.19 bits per heavy atom. The zero-order chi connectivity index (χ0) is 15.0. The smallest absolute Gasteiger partial charge is 0.255 e. The maximum absolute atomic E-state index is 12.4. The second kappa shape index (κ2) is 5.13. The fourth-order valence-corrected chi connectivity index (χ4v) is 2.56. The zero-order valence-corrected chi connectivity index (χ0v) is 12.2. The molecule has 2 aromatic carbocycles. The minimum Gasteiger partial charge on any atom is -0.508 e. The molecule has 3 rings (SSSR count). The number of rotatable bonds is 2. The molecule has 4 nitrogen and oxygen atoms in total. The van der Waals surface area contributed by atoms with E-state index in [4.69, 9.17) is 0 Å². The van der Waals surface area contributed by atoms with Gasteiger partial charge in [0.15, 0.2) is 0 Å². The SMILES string of the molecule is Cc1cc(NC(=O)c2ccc3c(c2)NCC3)c(C)cc1O. The van der Waals surface area contributed by atoms with Crippen LogP contribution in [0.4, 0.5) is 11.4 Å². The molecular weight excluding hydrogens is 264 g/mol. The number of aromatic hydroxyl groups is 1. The van der Waals surface area contributed by atoms with E-state index < -0.39 is 0 Å². The third-order valence-electron chi connectivity index (χ3n) is 3.87. The standard InChI is InChI=1S/C17H18N2O2/c1-10-8-16(20)11(2)7-14(10)19-17(21)13-4-3-12-5-6-18-15(12)9-13/h3-4,7-9,18,20H,5-6H2,1-2H3,(H,19,21). The molecule has 0 atom stereocenters. The Kier molecular flexibility index (Phi) is 3.29. The molecule has 1 aliphatic rings. The van der Waals surface area contributed by atoms with Gasteiger partial charge in [0.25, 0.3) is 5.91 Å². The largest absolute Gasteiger partial charge is 0.508 e. The molecule has 108 valence electrons. The topological polar surface area (TPSA) is 61.4 Å². The fraction of sp³-hybridized carbons (Fsp3) is 0.235. The highest BCUT2D eigenvalue weighted by molar-refractivity contribution is 6.05. The van der Waals surface area contributed by atoms with E-state index in [1.165, 1.54) is 5.56 Å². The Labute approximate surface area is 123 Å². The number of carbonyl (C=O) groups is 1. The molecule has 0 bridgehead atoms. The number of nitrogens with one attached hydrogen (secondary N) is 2. The molecule has 0 aromatic heterocycles. The van der Waals surface area contributed by atoms with Crippen molar-refractivity contribution in [2.75, 3.05) is 17.2 Å². The van der Waals surface area contributed by atoms with Gasteiger partial charge in [0.1, 0.15) is 5.75 Å². The summed E-state index contributed by atoms with van der Waals surface area (Å²) in [6.07, 6.45) is 1.01. The first-order valence-corrected chi connectivity index (χ1v) is 7.03. The first-order chi connectivity index (χ1) is 10.0. The number of hydrogen-bond donors (Lipinski definition) is 3. The molecule has 3 N–H and O–H groups in total. The monoisotopic (exact) mass is 282 g/mol. The van der Waals surface area contributed by atoms with Crippen LogP contribution in [0.1, 0.15) is 27.0 Å². The van der Waals surface area contributed by atoms with Gasteiger partial charge in [-0.3, -0.25) is 4.79 Å². The van der Waals surface area contributed by atoms with Crippen molar-refractivity contribution in [3.63, 3.8) is 0 Å². The van der Waals surface area contributed by atoms with Crippen molar-refractivity contribution in [3.05, 3.63) is 52.6 Å². The molecule has 21 heavy (non-hydrogen) atoms. The highest BCUT2D eigenvalue weighted by Gasteiger charge is 2.14. The molecule has 1 aliphatic heterocycles. The average molecular weight is 282 g/mol. The summed E-state index contributed by atoms with van der Waals surface area (Å²) in [6.45, 7) is 4.60.